The molecule has 122 valence electrons. The first-order valence-corrected chi connectivity index (χ1v) is 8.46. The minimum absolute atomic E-state index is 0.0447. The molecule has 6 nitrogen and oxygen atoms in total. The van der Waals surface area contributed by atoms with Crippen LogP contribution in [0.15, 0.2) is 65.6 Å². The van der Waals surface area contributed by atoms with Gasteiger partial charge in [0, 0.05) is 11.6 Å². The predicted molar refractivity (Wildman–Crippen MR) is 89.6 cm³/mol. The molecule has 0 unspecified atom stereocenters. The molecule has 0 bridgehead atoms. The molecule has 7 heteroatoms. The third-order valence-corrected chi connectivity index (χ3v) is 5.04. The first kappa shape index (κ1) is 15.9. The Kier molecular flexibility index (Phi) is 3.94. The average Bonchev–Trinajstić information content (AvgIpc) is 2.54. The van der Waals surface area contributed by atoms with E-state index in [4.69, 9.17) is 4.18 Å². The van der Waals surface area contributed by atoms with E-state index in [2.05, 4.69) is 0 Å². The fourth-order valence-electron chi connectivity index (χ4n) is 2.46. The van der Waals surface area contributed by atoms with Crippen molar-refractivity contribution in [1.82, 2.24) is 0 Å². The van der Waals surface area contributed by atoms with E-state index in [0.717, 1.165) is 10.8 Å². The number of fused-ring (bicyclic) bond motifs is 1. The molecule has 0 saturated heterocycles. The highest BCUT2D eigenvalue weighted by molar-refractivity contribution is 7.87. The maximum absolute atomic E-state index is 12.5. The van der Waals surface area contributed by atoms with Crippen molar-refractivity contribution in [3.05, 3.63) is 76.3 Å². The summed E-state index contributed by atoms with van der Waals surface area (Å²) in [4.78, 5) is 10.1. The highest BCUT2D eigenvalue weighted by Gasteiger charge is 2.24. The first-order chi connectivity index (χ1) is 11.4. The van der Waals surface area contributed by atoms with E-state index in [1.807, 2.05) is 24.3 Å². The molecule has 0 spiro atoms. The Hall–Kier alpha value is -2.93. The van der Waals surface area contributed by atoms with E-state index in [9.17, 15) is 18.5 Å². The van der Waals surface area contributed by atoms with Gasteiger partial charge >= 0.3 is 10.1 Å². The molecule has 0 aliphatic heterocycles. The number of hydrogen-bond donors (Lipinski definition) is 0. The van der Waals surface area contributed by atoms with Crippen LogP contribution in [-0.2, 0) is 10.1 Å². The Morgan fingerprint density at radius 1 is 0.958 bits per heavy atom. The van der Waals surface area contributed by atoms with Gasteiger partial charge in [0.05, 0.1) is 4.92 Å². The van der Waals surface area contributed by atoms with Crippen LogP contribution in [0.3, 0.4) is 0 Å². The Morgan fingerprint density at radius 3 is 2.38 bits per heavy atom. The van der Waals surface area contributed by atoms with Crippen molar-refractivity contribution in [2.24, 2.45) is 0 Å². The molecule has 0 amide bonds. The van der Waals surface area contributed by atoms with Gasteiger partial charge in [0.15, 0.2) is 0 Å². The topological polar surface area (TPSA) is 86.5 Å². The minimum Gasteiger partial charge on any atom is -0.379 e. The van der Waals surface area contributed by atoms with Crippen molar-refractivity contribution >= 4 is 26.6 Å². The van der Waals surface area contributed by atoms with Gasteiger partial charge in [-0.25, -0.2) is 0 Å². The molecule has 3 aromatic carbocycles. The summed E-state index contributed by atoms with van der Waals surface area (Å²) < 4.78 is 30.1. The summed E-state index contributed by atoms with van der Waals surface area (Å²) in [6.45, 7) is 1.38. The number of nitro benzene ring substituents is 1. The molecular weight excluding hydrogens is 330 g/mol. The number of rotatable bonds is 4. The van der Waals surface area contributed by atoms with Crippen LogP contribution in [0.4, 0.5) is 5.69 Å². The van der Waals surface area contributed by atoms with E-state index < -0.39 is 15.0 Å². The van der Waals surface area contributed by atoms with Crippen molar-refractivity contribution < 1.29 is 17.5 Å². The summed E-state index contributed by atoms with van der Waals surface area (Å²) in [5.41, 5.74) is -0.221. The van der Waals surface area contributed by atoms with E-state index in [0.29, 0.717) is 0 Å². The standard InChI is InChI=1S/C17H13NO5S/c1-12-16(18(19)20)7-4-8-17(12)24(21,22)23-15-10-9-13-5-2-3-6-14(13)11-15/h2-11H,1H3. The lowest BCUT2D eigenvalue weighted by atomic mass is 10.1. The summed E-state index contributed by atoms with van der Waals surface area (Å²) >= 11 is 0. The fraction of sp³-hybridized carbons (Fsp3) is 0.0588. The zero-order valence-corrected chi connectivity index (χ0v) is 13.5. The Morgan fingerprint density at radius 2 is 1.67 bits per heavy atom. The number of benzene rings is 3. The third-order valence-electron chi connectivity index (χ3n) is 3.65. The minimum atomic E-state index is -4.17. The molecule has 3 aromatic rings. The zero-order valence-electron chi connectivity index (χ0n) is 12.7. The van der Waals surface area contributed by atoms with Crippen LogP contribution in [0.5, 0.6) is 5.75 Å². The number of nitro groups is 1. The van der Waals surface area contributed by atoms with Gasteiger partial charge in [0.25, 0.3) is 5.69 Å². The number of nitrogens with zero attached hydrogens (tertiary/aromatic N) is 1. The van der Waals surface area contributed by atoms with Crippen LogP contribution < -0.4 is 4.18 Å². The second-order valence-corrected chi connectivity index (χ2v) is 6.72. The second kappa shape index (κ2) is 5.93. The normalized spacial score (nSPS) is 11.4. The van der Waals surface area contributed by atoms with E-state index in [-0.39, 0.29) is 21.9 Å². The molecule has 0 radical (unpaired) electrons. The van der Waals surface area contributed by atoms with Gasteiger partial charge in [0.2, 0.25) is 0 Å². The molecule has 0 aliphatic carbocycles. The average molecular weight is 343 g/mol. The second-order valence-electron chi connectivity index (χ2n) is 5.20. The highest BCUT2D eigenvalue weighted by Crippen LogP contribution is 2.28. The van der Waals surface area contributed by atoms with Gasteiger partial charge in [-0.2, -0.15) is 8.42 Å². The zero-order chi connectivity index (χ0) is 17.3. The van der Waals surface area contributed by atoms with Crippen LogP contribution in [0.1, 0.15) is 5.56 Å². The largest absolute Gasteiger partial charge is 0.379 e. The maximum atomic E-state index is 12.5. The van der Waals surface area contributed by atoms with Crippen molar-refractivity contribution in [1.29, 1.82) is 0 Å². The Balaban J connectivity index is 2.02. The van der Waals surface area contributed by atoms with Gasteiger partial charge in [-0.05, 0) is 35.9 Å². The van der Waals surface area contributed by atoms with Crippen molar-refractivity contribution in [3.63, 3.8) is 0 Å². The molecule has 3 rings (SSSR count). The molecular formula is C17H13NO5S. The van der Waals surface area contributed by atoms with Crippen molar-refractivity contribution in [2.75, 3.05) is 0 Å². The monoisotopic (exact) mass is 343 g/mol. The van der Waals surface area contributed by atoms with E-state index in [1.54, 1.807) is 18.2 Å². The molecule has 0 atom stereocenters. The van der Waals surface area contributed by atoms with Gasteiger partial charge in [0.1, 0.15) is 10.6 Å². The molecule has 24 heavy (non-hydrogen) atoms. The smallest absolute Gasteiger partial charge is 0.339 e. The summed E-state index contributed by atoms with van der Waals surface area (Å²) in [6.07, 6.45) is 0. The molecule has 0 fully saturated rings. The van der Waals surface area contributed by atoms with E-state index >= 15 is 0 Å². The summed E-state index contributed by atoms with van der Waals surface area (Å²) in [7, 11) is -4.17. The van der Waals surface area contributed by atoms with Crippen molar-refractivity contribution in [3.8, 4) is 5.75 Å². The fourth-order valence-corrected chi connectivity index (χ4v) is 3.63. The van der Waals surface area contributed by atoms with Gasteiger partial charge in [-0.3, -0.25) is 10.1 Å². The van der Waals surface area contributed by atoms with Gasteiger partial charge in [-0.15, -0.1) is 0 Å². The van der Waals surface area contributed by atoms with Crippen LogP contribution in [0, 0.1) is 17.0 Å². The summed E-state index contributed by atoms with van der Waals surface area (Å²) in [5.74, 6) is 0.152. The molecule has 0 aromatic heterocycles. The Labute approximate surface area is 138 Å². The third kappa shape index (κ3) is 2.93. The van der Waals surface area contributed by atoms with Crippen LogP contribution >= 0.6 is 0 Å². The van der Waals surface area contributed by atoms with Crippen molar-refractivity contribution in [2.45, 2.75) is 11.8 Å². The molecule has 0 N–H and O–H groups in total. The highest BCUT2D eigenvalue weighted by atomic mass is 32.2. The SMILES string of the molecule is Cc1c([N+](=O)[O-])cccc1S(=O)(=O)Oc1ccc2ccccc2c1. The number of hydrogen-bond acceptors (Lipinski definition) is 5. The lowest BCUT2D eigenvalue weighted by Gasteiger charge is -2.10. The quantitative estimate of drug-likeness (QED) is 0.408. The van der Waals surface area contributed by atoms with Gasteiger partial charge in [-0.1, -0.05) is 36.4 Å². The Bertz CT molecular complexity index is 1040. The van der Waals surface area contributed by atoms with Crippen LogP contribution in [0.25, 0.3) is 10.8 Å². The maximum Gasteiger partial charge on any atom is 0.339 e. The molecule has 0 aliphatic rings. The first-order valence-electron chi connectivity index (χ1n) is 7.06. The lowest BCUT2D eigenvalue weighted by molar-refractivity contribution is -0.385. The predicted octanol–water partition coefficient (Wildman–Crippen LogP) is 3.82. The molecule has 0 saturated carbocycles. The van der Waals surface area contributed by atoms with Crippen LogP contribution in [-0.4, -0.2) is 13.3 Å². The summed E-state index contributed by atoms with van der Waals surface area (Å²) in [5, 5.41) is 12.8. The van der Waals surface area contributed by atoms with Crippen LogP contribution in [0.2, 0.25) is 0 Å². The van der Waals surface area contributed by atoms with E-state index in [1.165, 1.54) is 25.1 Å². The summed E-state index contributed by atoms with van der Waals surface area (Å²) in [6, 6.07) is 16.2. The molecule has 0 heterocycles. The van der Waals surface area contributed by atoms with Gasteiger partial charge < -0.3 is 4.18 Å². The lowest BCUT2D eigenvalue weighted by Crippen LogP contribution is -2.12.